The largest absolute Gasteiger partial charge is 0.465 e. The van der Waals surface area contributed by atoms with Crippen LogP contribution in [0.25, 0.3) is 0 Å². The Morgan fingerprint density at radius 3 is 2.84 bits per heavy atom. The molecule has 25 heavy (non-hydrogen) atoms. The first-order valence-electron chi connectivity index (χ1n) is 7.76. The summed E-state index contributed by atoms with van der Waals surface area (Å²) < 4.78 is 10.3. The third-order valence-electron chi connectivity index (χ3n) is 3.52. The summed E-state index contributed by atoms with van der Waals surface area (Å²) in [5, 5.41) is 6.82. The minimum atomic E-state index is -0.411. The number of guanidine groups is 1. The van der Waals surface area contributed by atoms with E-state index in [1.165, 1.54) is 7.11 Å². The fourth-order valence-corrected chi connectivity index (χ4v) is 2.33. The summed E-state index contributed by atoms with van der Waals surface area (Å²) in [5.41, 5.74) is 1.51. The van der Waals surface area contributed by atoms with Gasteiger partial charge in [-0.15, -0.1) is 0 Å². The second kappa shape index (κ2) is 9.08. The van der Waals surface area contributed by atoms with Crippen LogP contribution in [0.4, 0.5) is 0 Å². The molecule has 0 bridgehead atoms. The van der Waals surface area contributed by atoms with Gasteiger partial charge in [0.15, 0.2) is 5.96 Å². The molecule has 0 aliphatic rings. The van der Waals surface area contributed by atoms with Gasteiger partial charge in [-0.2, -0.15) is 0 Å². The van der Waals surface area contributed by atoms with Gasteiger partial charge in [0.2, 0.25) is 0 Å². The number of carbonyl (C=O) groups is 1. The molecule has 8 heteroatoms. The zero-order valence-corrected chi connectivity index (χ0v) is 15.2. The maximum absolute atomic E-state index is 11.6. The molecular formula is C17H21ClN4O3. The zero-order chi connectivity index (χ0) is 18.2. The Labute approximate surface area is 151 Å². The first-order chi connectivity index (χ1) is 12.0. The minimum Gasteiger partial charge on any atom is -0.465 e. The van der Waals surface area contributed by atoms with Gasteiger partial charge in [0.05, 0.1) is 13.7 Å². The highest BCUT2D eigenvalue weighted by atomic mass is 35.5. The molecular weight excluding hydrogens is 344 g/mol. The van der Waals surface area contributed by atoms with Gasteiger partial charge < -0.3 is 19.8 Å². The molecule has 2 rings (SSSR count). The summed E-state index contributed by atoms with van der Waals surface area (Å²) in [6.45, 7) is 2.82. The number of aryl methyl sites for hydroxylation is 1. The smallest absolute Gasteiger partial charge is 0.341 e. The molecule has 0 radical (unpaired) electrons. The lowest BCUT2D eigenvalue weighted by molar-refractivity contribution is 0.0599. The molecule has 0 atom stereocenters. The normalized spacial score (nSPS) is 11.3. The summed E-state index contributed by atoms with van der Waals surface area (Å²) in [6, 6.07) is 5.37. The van der Waals surface area contributed by atoms with Crippen molar-refractivity contribution in [1.29, 1.82) is 0 Å². The maximum atomic E-state index is 11.6. The number of carbonyl (C=O) groups excluding carboxylic acids is 1. The van der Waals surface area contributed by atoms with Crippen LogP contribution >= 0.6 is 11.6 Å². The lowest BCUT2D eigenvalue weighted by Gasteiger charge is -2.10. The van der Waals surface area contributed by atoms with Crippen LogP contribution < -0.4 is 10.6 Å². The van der Waals surface area contributed by atoms with Crippen molar-refractivity contribution in [3.05, 3.63) is 52.2 Å². The molecule has 134 valence electrons. The van der Waals surface area contributed by atoms with Gasteiger partial charge >= 0.3 is 5.97 Å². The van der Waals surface area contributed by atoms with Crippen LogP contribution in [0.2, 0.25) is 5.15 Å². The molecule has 0 unspecified atom stereocenters. The monoisotopic (exact) mass is 364 g/mol. The molecule has 0 spiro atoms. The van der Waals surface area contributed by atoms with Crippen molar-refractivity contribution in [3.63, 3.8) is 0 Å². The predicted molar refractivity (Wildman–Crippen MR) is 95.9 cm³/mol. The number of ether oxygens (including phenoxy) is 1. The molecule has 0 aliphatic heterocycles. The molecule has 2 heterocycles. The van der Waals surface area contributed by atoms with Crippen LogP contribution in [0.5, 0.6) is 0 Å². The third kappa shape index (κ3) is 5.49. The molecule has 0 fully saturated rings. The van der Waals surface area contributed by atoms with E-state index in [1.54, 1.807) is 32.3 Å². The standard InChI is InChI=1S/C17H21ClN4O3/c1-11-14(16(23)24-3)8-13(25-11)10-22-17(19-2)20-7-6-12-4-5-15(18)21-9-12/h4-5,8-9H,6-7,10H2,1-3H3,(H2,19,20,22). The average molecular weight is 365 g/mol. The zero-order valence-electron chi connectivity index (χ0n) is 14.4. The number of nitrogens with zero attached hydrogens (tertiary/aromatic N) is 2. The number of methoxy groups -OCH3 is 1. The Bertz CT molecular complexity index is 741. The predicted octanol–water partition coefficient (Wildman–Crippen LogP) is 2.33. The van der Waals surface area contributed by atoms with E-state index in [0.29, 0.717) is 41.3 Å². The summed E-state index contributed by atoms with van der Waals surface area (Å²) in [7, 11) is 3.03. The SMILES string of the molecule is CN=C(NCCc1ccc(Cl)nc1)NCc1cc(C(=O)OC)c(C)o1. The first-order valence-corrected chi connectivity index (χ1v) is 8.14. The van der Waals surface area contributed by atoms with Crippen molar-refractivity contribution >= 4 is 23.5 Å². The Morgan fingerprint density at radius 1 is 1.40 bits per heavy atom. The van der Waals surface area contributed by atoms with E-state index < -0.39 is 5.97 Å². The van der Waals surface area contributed by atoms with Crippen LogP contribution in [0.1, 0.15) is 27.4 Å². The van der Waals surface area contributed by atoms with E-state index in [9.17, 15) is 4.79 Å². The van der Waals surface area contributed by atoms with Gasteiger partial charge in [-0.25, -0.2) is 9.78 Å². The Morgan fingerprint density at radius 2 is 2.20 bits per heavy atom. The lowest BCUT2D eigenvalue weighted by Crippen LogP contribution is -2.37. The van der Waals surface area contributed by atoms with Gasteiger partial charge in [0, 0.05) is 19.8 Å². The van der Waals surface area contributed by atoms with Gasteiger partial charge in [0.25, 0.3) is 0 Å². The molecule has 0 aliphatic carbocycles. The summed E-state index contributed by atoms with van der Waals surface area (Å²) in [6.07, 6.45) is 2.54. The number of hydrogen-bond donors (Lipinski definition) is 2. The number of aliphatic imine (C=N–C) groups is 1. The van der Waals surface area contributed by atoms with Crippen LogP contribution in [-0.4, -0.2) is 37.6 Å². The highest BCUT2D eigenvalue weighted by Crippen LogP contribution is 2.15. The molecule has 7 nitrogen and oxygen atoms in total. The lowest BCUT2D eigenvalue weighted by atomic mass is 10.2. The van der Waals surface area contributed by atoms with Crippen LogP contribution in [0.15, 0.2) is 33.8 Å². The number of furan rings is 1. The van der Waals surface area contributed by atoms with Crippen molar-refractivity contribution in [2.75, 3.05) is 20.7 Å². The van der Waals surface area contributed by atoms with Crippen molar-refractivity contribution < 1.29 is 13.9 Å². The molecule has 0 aromatic carbocycles. The average Bonchev–Trinajstić information content (AvgIpc) is 2.99. The minimum absolute atomic E-state index is 0.403. The third-order valence-corrected chi connectivity index (χ3v) is 3.75. The van der Waals surface area contributed by atoms with Crippen molar-refractivity contribution in [1.82, 2.24) is 15.6 Å². The van der Waals surface area contributed by atoms with Crippen molar-refractivity contribution in [3.8, 4) is 0 Å². The number of halogens is 1. The van der Waals surface area contributed by atoms with Gasteiger partial charge in [-0.1, -0.05) is 17.7 Å². The van der Waals surface area contributed by atoms with E-state index in [2.05, 4.69) is 20.6 Å². The van der Waals surface area contributed by atoms with E-state index in [4.69, 9.17) is 20.8 Å². The van der Waals surface area contributed by atoms with Crippen LogP contribution in [0, 0.1) is 6.92 Å². The summed E-state index contributed by atoms with van der Waals surface area (Å²) >= 11 is 5.77. The molecule has 2 aromatic heterocycles. The van der Waals surface area contributed by atoms with E-state index in [0.717, 1.165) is 12.0 Å². The van der Waals surface area contributed by atoms with Crippen molar-refractivity contribution in [2.45, 2.75) is 19.9 Å². The number of nitrogens with one attached hydrogen (secondary N) is 2. The molecule has 2 aromatic rings. The quantitative estimate of drug-likeness (QED) is 0.354. The Kier molecular flexibility index (Phi) is 6.82. The van der Waals surface area contributed by atoms with Gasteiger partial charge in [-0.3, -0.25) is 4.99 Å². The fraction of sp³-hybridized carbons (Fsp3) is 0.353. The Balaban J connectivity index is 1.82. The number of pyridine rings is 1. The molecule has 0 amide bonds. The van der Waals surface area contributed by atoms with Crippen LogP contribution in [0.3, 0.4) is 0 Å². The van der Waals surface area contributed by atoms with E-state index in [1.807, 2.05) is 6.07 Å². The topological polar surface area (TPSA) is 88.8 Å². The fourth-order valence-electron chi connectivity index (χ4n) is 2.21. The number of esters is 1. The highest BCUT2D eigenvalue weighted by molar-refractivity contribution is 6.29. The number of rotatable bonds is 6. The maximum Gasteiger partial charge on any atom is 0.341 e. The van der Waals surface area contributed by atoms with E-state index in [-0.39, 0.29) is 0 Å². The molecule has 0 saturated carbocycles. The molecule has 2 N–H and O–H groups in total. The molecule has 0 saturated heterocycles. The first kappa shape index (κ1) is 18.8. The van der Waals surface area contributed by atoms with Crippen molar-refractivity contribution in [2.24, 2.45) is 4.99 Å². The highest BCUT2D eigenvalue weighted by Gasteiger charge is 2.15. The Hall–Kier alpha value is -2.54. The number of aromatic nitrogens is 1. The summed E-state index contributed by atoms with van der Waals surface area (Å²) in [4.78, 5) is 19.8. The van der Waals surface area contributed by atoms with E-state index >= 15 is 0 Å². The number of hydrogen-bond acceptors (Lipinski definition) is 5. The summed E-state index contributed by atoms with van der Waals surface area (Å²) in [5.74, 6) is 1.38. The second-order valence-electron chi connectivity index (χ2n) is 5.27. The second-order valence-corrected chi connectivity index (χ2v) is 5.65. The van der Waals surface area contributed by atoms with Gasteiger partial charge in [-0.05, 0) is 31.0 Å². The van der Waals surface area contributed by atoms with Crippen LogP contribution in [-0.2, 0) is 17.7 Å². The van der Waals surface area contributed by atoms with Gasteiger partial charge in [0.1, 0.15) is 22.2 Å².